The molecule has 1 heterocycles. The van der Waals surface area contributed by atoms with Gasteiger partial charge in [-0.1, -0.05) is 0 Å². The van der Waals surface area contributed by atoms with Crippen molar-refractivity contribution in [3.05, 3.63) is 16.1 Å². The second kappa shape index (κ2) is 3.52. The van der Waals surface area contributed by atoms with E-state index in [9.17, 15) is 4.57 Å². The van der Waals surface area contributed by atoms with Crippen LogP contribution in [0.1, 0.15) is 25.7 Å². The van der Waals surface area contributed by atoms with Crippen LogP contribution in [0, 0.1) is 3.70 Å². The molecule has 1 aromatic rings. The summed E-state index contributed by atoms with van der Waals surface area (Å²) in [4.78, 5) is 8.32. The Morgan fingerprint density at radius 1 is 1.20 bits per heavy atom. The van der Waals surface area contributed by atoms with Crippen LogP contribution >= 0.6 is 29.7 Å². The molecule has 0 bridgehead atoms. The predicted molar refractivity (Wildman–Crippen MR) is 68.0 cm³/mol. The molecule has 0 aromatic carbocycles. The minimum atomic E-state index is -2.18. The first-order chi connectivity index (χ1) is 7.21. The van der Waals surface area contributed by atoms with Crippen molar-refractivity contribution in [3.63, 3.8) is 0 Å². The summed E-state index contributed by atoms with van der Waals surface area (Å²) in [7, 11) is -2.18. The van der Waals surface area contributed by atoms with Gasteiger partial charge in [-0.15, -0.1) is 0 Å². The highest BCUT2D eigenvalue weighted by atomic mass is 127. The third kappa shape index (κ3) is 1.76. The second-order valence-corrected chi connectivity index (χ2v) is 8.81. The highest BCUT2D eigenvalue weighted by Gasteiger charge is 2.52. The fraction of sp³-hybridized carbons (Fsp3) is 0.600. The Hall–Kier alpha value is 0.0400. The lowest BCUT2D eigenvalue weighted by molar-refractivity contribution is 0.578. The van der Waals surface area contributed by atoms with E-state index in [0.717, 1.165) is 34.8 Å². The van der Waals surface area contributed by atoms with Crippen LogP contribution in [0.2, 0.25) is 0 Å². The standard InChI is InChI=1S/C10H12IN2OP/c11-9-5-10(13-6-12-9)15(14,7-1-2-7)8-3-4-8/h5-8H,1-4H2. The summed E-state index contributed by atoms with van der Waals surface area (Å²) < 4.78 is 13.9. The molecule has 2 fully saturated rings. The van der Waals surface area contributed by atoms with Crippen LogP contribution in [0.25, 0.3) is 0 Å². The highest BCUT2D eigenvalue weighted by Crippen LogP contribution is 2.69. The summed E-state index contributed by atoms with van der Waals surface area (Å²) in [5, 5.41) is 0. The molecule has 2 saturated carbocycles. The van der Waals surface area contributed by atoms with E-state index in [2.05, 4.69) is 32.6 Å². The molecular weight excluding hydrogens is 322 g/mol. The summed E-state index contributed by atoms with van der Waals surface area (Å²) in [6, 6.07) is 1.91. The van der Waals surface area contributed by atoms with E-state index < -0.39 is 7.14 Å². The van der Waals surface area contributed by atoms with Gasteiger partial charge in [-0.2, -0.15) is 0 Å². The van der Waals surface area contributed by atoms with Gasteiger partial charge in [0.1, 0.15) is 22.6 Å². The minimum absolute atomic E-state index is 0.440. The smallest absolute Gasteiger partial charge is 0.139 e. The maximum absolute atomic E-state index is 13.0. The van der Waals surface area contributed by atoms with E-state index in [1.165, 1.54) is 0 Å². The van der Waals surface area contributed by atoms with Gasteiger partial charge >= 0.3 is 0 Å². The summed E-state index contributed by atoms with van der Waals surface area (Å²) in [6.07, 6.45) is 6.08. The molecule has 1 aromatic heterocycles. The van der Waals surface area contributed by atoms with Gasteiger partial charge in [-0.25, -0.2) is 9.97 Å². The number of halogens is 1. The molecule has 2 aliphatic carbocycles. The fourth-order valence-corrected chi connectivity index (χ4v) is 6.50. The van der Waals surface area contributed by atoms with Gasteiger partial charge in [0.25, 0.3) is 0 Å². The molecule has 0 aliphatic heterocycles. The van der Waals surface area contributed by atoms with Crippen molar-refractivity contribution in [3.8, 4) is 0 Å². The number of rotatable bonds is 3. The van der Waals surface area contributed by atoms with E-state index in [-0.39, 0.29) is 0 Å². The molecule has 80 valence electrons. The molecule has 3 nitrogen and oxygen atoms in total. The van der Waals surface area contributed by atoms with Crippen LogP contribution in [0.3, 0.4) is 0 Å². The zero-order valence-electron chi connectivity index (χ0n) is 8.27. The van der Waals surface area contributed by atoms with Gasteiger partial charge in [0, 0.05) is 11.3 Å². The van der Waals surface area contributed by atoms with Crippen molar-refractivity contribution in [1.82, 2.24) is 9.97 Å². The predicted octanol–water partition coefficient (Wildman–Crippen LogP) is 2.39. The zero-order chi connectivity index (χ0) is 10.5. The first kappa shape index (κ1) is 10.2. The molecule has 15 heavy (non-hydrogen) atoms. The van der Waals surface area contributed by atoms with Crippen LogP contribution in [0.15, 0.2) is 12.4 Å². The Morgan fingerprint density at radius 3 is 2.27 bits per heavy atom. The van der Waals surface area contributed by atoms with Gasteiger partial charge < -0.3 is 4.57 Å². The summed E-state index contributed by atoms with van der Waals surface area (Å²) in [5.74, 6) is 0. The van der Waals surface area contributed by atoms with E-state index >= 15 is 0 Å². The highest BCUT2D eigenvalue weighted by molar-refractivity contribution is 14.1. The molecule has 0 amide bonds. The van der Waals surface area contributed by atoms with E-state index in [0.29, 0.717) is 11.3 Å². The summed E-state index contributed by atoms with van der Waals surface area (Å²) >= 11 is 2.16. The lowest BCUT2D eigenvalue weighted by Gasteiger charge is -2.16. The quantitative estimate of drug-likeness (QED) is 0.484. The Morgan fingerprint density at radius 2 is 1.80 bits per heavy atom. The van der Waals surface area contributed by atoms with Crippen LogP contribution in [0.4, 0.5) is 0 Å². The molecule has 2 aliphatic rings. The topological polar surface area (TPSA) is 42.9 Å². The van der Waals surface area contributed by atoms with Gasteiger partial charge in [0.05, 0.1) is 0 Å². The average molecular weight is 334 g/mol. The number of hydrogen-bond donors (Lipinski definition) is 0. The first-order valence-electron chi connectivity index (χ1n) is 5.29. The number of hydrogen-bond acceptors (Lipinski definition) is 3. The van der Waals surface area contributed by atoms with Crippen LogP contribution in [0.5, 0.6) is 0 Å². The van der Waals surface area contributed by atoms with Crippen molar-refractivity contribution >= 4 is 35.2 Å². The SMILES string of the molecule is O=P(c1cc(I)ncn1)(C1CC1)C1CC1. The molecule has 0 unspecified atom stereocenters. The van der Waals surface area contributed by atoms with Crippen molar-refractivity contribution in [2.45, 2.75) is 37.0 Å². The fourth-order valence-electron chi connectivity index (χ4n) is 2.10. The molecule has 0 atom stereocenters. The minimum Gasteiger partial charge on any atom is -0.316 e. The van der Waals surface area contributed by atoms with E-state index in [4.69, 9.17) is 0 Å². The van der Waals surface area contributed by atoms with Gasteiger partial charge in [0.2, 0.25) is 0 Å². The molecular formula is C10H12IN2OP. The van der Waals surface area contributed by atoms with Gasteiger partial charge in [0.15, 0.2) is 0 Å². The molecule has 0 saturated heterocycles. The maximum Gasteiger partial charge on any atom is 0.139 e. The van der Waals surface area contributed by atoms with Crippen LogP contribution in [-0.2, 0) is 4.57 Å². The monoisotopic (exact) mass is 334 g/mol. The normalized spacial score (nSPS) is 21.7. The number of nitrogens with zero attached hydrogens (tertiary/aromatic N) is 2. The molecule has 0 spiro atoms. The van der Waals surface area contributed by atoms with Crippen LogP contribution in [-0.4, -0.2) is 21.3 Å². The van der Waals surface area contributed by atoms with Crippen molar-refractivity contribution in [1.29, 1.82) is 0 Å². The first-order valence-corrected chi connectivity index (χ1v) is 8.21. The summed E-state index contributed by atoms with van der Waals surface area (Å²) in [6.45, 7) is 0. The average Bonchev–Trinajstić information content (AvgIpc) is 3.04. The largest absolute Gasteiger partial charge is 0.316 e. The number of aromatic nitrogens is 2. The van der Waals surface area contributed by atoms with Crippen molar-refractivity contribution in [2.75, 3.05) is 0 Å². The van der Waals surface area contributed by atoms with Crippen molar-refractivity contribution in [2.24, 2.45) is 0 Å². The third-order valence-corrected chi connectivity index (χ3v) is 7.91. The molecule has 5 heteroatoms. The summed E-state index contributed by atoms with van der Waals surface area (Å²) in [5.41, 5.74) is 1.72. The Labute approximate surface area is 103 Å². The Bertz CT molecular complexity index is 427. The van der Waals surface area contributed by atoms with E-state index in [1.54, 1.807) is 6.33 Å². The Kier molecular flexibility index (Phi) is 2.40. The second-order valence-electron chi connectivity index (χ2n) is 4.37. The molecule has 0 N–H and O–H groups in total. The zero-order valence-corrected chi connectivity index (χ0v) is 11.3. The lowest BCUT2D eigenvalue weighted by atomic mass is 10.7. The van der Waals surface area contributed by atoms with Crippen LogP contribution < -0.4 is 5.44 Å². The van der Waals surface area contributed by atoms with Gasteiger partial charge in [-0.05, 0) is 54.3 Å². The maximum atomic E-state index is 13.0. The molecule has 3 rings (SSSR count). The Balaban J connectivity index is 2.05. The third-order valence-electron chi connectivity index (χ3n) is 3.16. The lowest BCUT2D eigenvalue weighted by Crippen LogP contribution is -2.16. The van der Waals surface area contributed by atoms with Gasteiger partial charge in [-0.3, -0.25) is 0 Å². The molecule has 0 radical (unpaired) electrons. The van der Waals surface area contributed by atoms with Crippen molar-refractivity contribution < 1.29 is 4.57 Å². The van der Waals surface area contributed by atoms with E-state index in [1.807, 2.05) is 6.07 Å².